The Morgan fingerprint density at radius 3 is 2.78 bits per heavy atom. The molecule has 0 saturated heterocycles. The highest BCUT2D eigenvalue weighted by molar-refractivity contribution is 7.18. The van der Waals surface area contributed by atoms with Crippen LogP contribution in [-0.4, -0.2) is 15.0 Å². The summed E-state index contributed by atoms with van der Waals surface area (Å²) in [6, 6.07) is 5.99. The Morgan fingerprint density at radius 2 is 2.00 bits per heavy atom. The van der Waals surface area contributed by atoms with E-state index in [0.29, 0.717) is 5.82 Å². The molecular formula is C12H11N5S. The van der Waals surface area contributed by atoms with Crippen molar-refractivity contribution in [3.05, 3.63) is 29.4 Å². The highest BCUT2D eigenvalue weighted by atomic mass is 32.1. The van der Waals surface area contributed by atoms with Crippen LogP contribution in [0.15, 0.2) is 24.4 Å². The third-order valence-corrected chi connectivity index (χ3v) is 3.58. The fraction of sp³-hybridized carbons (Fsp3) is 0.0833. The number of nitrogen functional groups attached to an aromatic ring is 2. The van der Waals surface area contributed by atoms with Gasteiger partial charge in [0.1, 0.15) is 5.82 Å². The first-order valence-corrected chi connectivity index (χ1v) is 6.21. The molecule has 0 fully saturated rings. The summed E-state index contributed by atoms with van der Waals surface area (Å²) in [5, 5.41) is 1.05. The number of hydrogen-bond donors (Lipinski definition) is 2. The normalized spacial score (nSPS) is 10.9. The monoisotopic (exact) mass is 257 g/mol. The molecule has 3 rings (SSSR count). The molecular weight excluding hydrogens is 246 g/mol. The molecule has 2 heterocycles. The Kier molecular flexibility index (Phi) is 2.38. The maximum absolute atomic E-state index is 5.86. The van der Waals surface area contributed by atoms with Gasteiger partial charge in [0, 0.05) is 11.8 Å². The lowest BCUT2D eigenvalue weighted by molar-refractivity contribution is 1.20. The molecule has 0 spiro atoms. The Balaban J connectivity index is 2.18. The van der Waals surface area contributed by atoms with Crippen molar-refractivity contribution in [3.8, 4) is 11.1 Å². The van der Waals surface area contributed by atoms with Gasteiger partial charge in [0.05, 0.1) is 15.2 Å². The van der Waals surface area contributed by atoms with Crippen molar-refractivity contribution in [1.82, 2.24) is 15.0 Å². The zero-order valence-electron chi connectivity index (χ0n) is 9.71. The highest BCUT2D eigenvalue weighted by Gasteiger charge is 2.08. The van der Waals surface area contributed by atoms with Crippen molar-refractivity contribution in [1.29, 1.82) is 0 Å². The van der Waals surface area contributed by atoms with E-state index < -0.39 is 0 Å². The summed E-state index contributed by atoms with van der Waals surface area (Å²) in [6.07, 6.45) is 1.65. The molecule has 0 unspecified atom stereocenters. The molecule has 5 nitrogen and oxygen atoms in total. The van der Waals surface area contributed by atoms with E-state index in [1.807, 2.05) is 25.1 Å². The minimum atomic E-state index is 0.186. The largest absolute Gasteiger partial charge is 0.383 e. The van der Waals surface area contributed by atoms with E-state index in [1.165, 1.54) is 0 Å². The summed E-state index contributed by atoms with van der Waals surface area (Å²) < 4.78 is 1.13. The van der Waals surface area contributed by atoms with Crippen LogP contribution in [0.2, 0.25) is 0 Å². The molecule has 18 heavy (non-hydrogen) atoms. The van der Waals surface area contributed by atoms with Gasteiger partial charge in [0.25, 0.3) is 0 Å². The summed E-state index contributed by atoms with van der Waals surface area (Å²) in [6.45, 7) is 1.99. The second-order valence-corrected chi connectivity index (χ2v) is 5.18. The molecule has 0 saturated carbocycles. The predicted octanol–water partition coefficient (Wildman–Crippen LogP) is 2.23. The first kappa shape index (κ1) is 10.9. The van der Waals surface area contributed by atoms with Gasteiger partial charge in [-0.2, -0.15) is 4.98 Å². The van der Waals surface area contributed by atoms with Crippen molar-refractivity contribution in [2.24, 2.45) is 0 Å². The van der Waals surface area contributed by atoms with Crippen molar-refractivity contribution in [2.75, 3.05) is 11.5 Å². The van der Waals surface area contributed by atoms with Crippen LogP contribution >= 0.6 is 11.3 Å². The van der Waals surface area contributed by atoms with Crippen LogP contribution in [0.1, 0.15) is 5.01 Å². The predicted molar refractivity (Wildman–Crippen MR) is 74.2 cm³/mol. The Hall–Kier alpha value is -2.21. The summed E-state index contributed by atoms with van der Waals surface area (Å²) in [7, 11) is 0. The number of rotatable bonds is 1. The van der Waals surface area contributed by atoms with Crippen molar-refractivity contribution >= 4 is 33.3 Å². The van der Waals surface area contributed by atoms with Crippen LogP contribution < -0.4 is 11.5 Å². The first-order valence-electron chi connectivity index (χ1n) is 5.39. The fourth-order valence-electron chi connectivity index (χ4n) is 1.84. The van der Waals surface area contributed by atoms with Crippen LogP contribution in [0.5, 0.6) is 0 Å². The van der Waals surface area contributed by atoms with Crippen molar-refractivity contribution in [3.63, 3.8) is 0 Å². The molecule has 0 radical (unpaired) electrons. The van der Waals surface area contributed by atoms with Crippen LogP contribution in [0.3, 0.4) is 0 Å². The number of nitrogens with zero attached hydrogens (tertiary/aromatic N) is 3. The number of anilines is 2. The lowest BCUT2D eigenvalue weighted by atomic mass is 10.1. The van der Waals surface area contributed by atoms with Gasteiger partial charge in [-0.15, -0.1) is 11.3 Å². The standard InChI is InChI=1S/C12H11N5S/c1-6-16-9-3-2-7(4-10(9)18-6)8-5-15-12(14)17-11(8)13/h2-5H,1H3,(H4,13,14,15,17). The zero-order chi connectivity index (χ0) is 12.7. The molecule has 6 heteroatoms. The number of aromatic nitrogens is 3. The second-order valence-electron chi connectivity index (χ2n) is 3.94. The minimum absolute atomic E-state index is 0.186. The number of thiazole rings is 1. The fourth-order valence-corrected chi connectivity index (χ4v) is 2.71. The molecule has 0 aliphatic carbocycles. The Labute approximate surface area is 108 Å². The maximum atomic E-state index is 5.86. The zero-order valence-corrected chi connectivity index (χ0v) is 10.5. The van der Waals surface area contributed by atoms with Crippen LogP contribution in [0.25, 0.3) is 21.3 Å². The Morgan fingerprint density at radius 1 is 1.17 bits per heavy atom. The molecule has 3 aromatic rings. The third-order valence-electron chi connectivity index (χ3n) is 2.64. The number of benzene rings is 1. The number of nitrogens with two attached hydrogens (primary N) is 2. The summed E-state index contributed by atoms with van der Waals surface area (Å²) in [5.41, 5.74) is 14.1. The average Bonchev–Trinajstić information content (AvgIpc) is 2.68. The number of aryl methyl sites for hydroxylation is 1. The second kappa shape index (κ2) is 3.92. The Bertz CT molecular complexity index is 734. The van der Waals surface area contributed by atoms with E-state index in [9.17, 15) is 0 Å². The van der Waals surface area contributed by atoms with Crippen LogP contribution in [0, 0.1) is 6.92 Å². The summed E-state index contributed by atoms with van der Waals surface area (Å²) in [4.78, 5) is 12.4. The topological polar surface area (TPSA) is 90.7 Å². The lowest BCUT2D eigenvalue weighted by Crippen LogP contribution is -2.00. The van der Waals surface area contributed by atoms with Gasteiger partial charge in [0.2, 0.25) is 5.95 Å². The van der Waals surface area contributed by atoms with E-state index >= 15 is 0 Å². The molecule has 0 aliphatic heterocycles. The quantitative estimate of drug-likeness (QED) is 0.697. The van der Waals surface area contributed by atoms with Crippen molar-refractivity contribution in [2.45, 2.75) is 6.92 Å². The molecule has 4 N–H and O–H groups in total. The average molecular weight is 257 g/mol. The van der Waals surface area contributed by atoms with E-state index in [1.54, 1.807) is 17.5 Å². The SMILES string of the molecule is Cc1nc2ccc(-c3cnc(N)nc3N)cc2s1. The number of fused-ring (bicyclic) bond motifs is 1. The third kappa shape index (κ3) is 1.76. The summed E-state index contributed by atoms with van der Waals surface area (Å²) >= 11 is 1.65. The molecule has 0 aliphatic rings. The van der Waals surface area contributed by atoms with E-state index in [0.717, 1.165) is 26.4 Å². The van der Waals surface area contributed by atoms with E-state index in [-0.39, 0.29) is 5.95 Å². The van der Waals surface area contributed by atoms with Gasteiger partial charge in [-0.25, -0.2) is 9.97 Å². The first-order chi connectivity index (χ1) is 8.63. The molecule has 0 amide bonds. The van der Waals surface area contributed by atoms with Gasteiger partial charge in [-0.05, 0) is 24.6 Å². The van der Waals surface area contributed by atoms with Gasteiger partial charge in [-0.1, -0.05) is 6.07 Å². The smallest absolute Gasteiger partial charge is 0.221 e. The molecule has 1 aromatic carbocycles. The number of hydrogen-bond acceptors (Lipinski definition) is 6. The van der Waals surface area contributed by atoms with Gasteiger partial charge in [0.15, 0.2) is 0 Å². The van der Waals surface area contributed by atoms with Gasteiger partial charge in [-0.3, -0.25) is 0 Å². The minimum Gasteiger partial charge on any atom is -0.383 e. The van der Waals surface area contributed by atoms with E-state index in [2.05, 4.69) is 15.0 Å². The lowest BCUT2D eigenvalue weighted by Gasteiger charge is -2.04. The van der Waals surface area contributed by atoms with Crippen molar-refractivity contribution < 1.29 is 0 Å². The molecule has 0 bridgehead atoms. The van der Waals surface area contributed by atoms with Gasteiger partial charge >= 0.3 is 0 Å². The molecule has 0 atom stereocenters. The van der Waals surface area contributed by atoms with Crippen LogP contribution in [0.4, 0.5) is 11.8 Å². The summed E-state index contributed by atoms with van der Waals surface area (Å²) in [5.74, 6) is 0.578. The van der Waals surface area contributed by atoms with Gasteiger partial charge < -0.3 is 11.5 Å². The highest BCUT2D eigenvalue weighted by Crippen LogP contribution is 2.29. The van der Waals surface area contributed by atoms with E-state index in [4.69, 9.17) is 11.5 Å². The molecule has 90 valence electrons. The molecule has 2 aromatic heterocycles. The van der Waals surface area contributed by atoms with Crippen LogP contribution in [-0.2, 0) is 0 Å². The maximum Gasteiger partial charge on any atom is 0.221 e.